The molecule has 0 fully saturated rings. The first-order valence-electron chi connectivity index (χ1n) is 8.38. The Balaban J connectivity index is 1.91. The van der Waals surface area contributed by atoms with E-state index < -0.39 is 10.0 Å². The van der Waals surface area contributed by atoms with Crippen LogP contribution in [0.25, 0.3) is 0 Å². The first-order valence-corrected chi connectivity index (χ1v) is 10.3. The van der Waals surface area contributed by atoms with Crippen LogP contribution in [-0.2, 0) is 14.8 Å². The Morgan fingerprint density at radius 1 is 1.35 bits per heavy atom. The summed E-state index contributed by atoms with van der Waals surface area (Å²) in [5.41, 5.74) is 1.94. The second-order valence-corrected chi connectivity index (χ2v) is 7.97. The van der Waals surface area contributed by atoms with E-state index in [0.29, 0.717) is 30.0 Å². The lowest BCUT2D eigenvalue weighted by Gasteiger charge is -2.19. The molecule has 0 radical (unpaired) electrons. The van der Waals surface area contributed by atoms with E-state index >= 15 is 0 Å². The summed E-state index contributed by atoms with van der Waals surface area (Å²) >= 11 is 0. The molecule has 0 saturated carbocycles. The third-order valence-corrected chi connectivity index (χ3v) is 4.61. The molecule has 0 spiro atoms. The van der Waals surface area contributed by atoms with E-state index in [-0.39, 0.29) is 11.9 Å². The number of nitrogens with zero attached hydrogens (tertiary/aromatic N) is 2. The van der Waals surface area contributed by atoms with Crippen molar-refractivity contribution in [3.8, 4) is 0 Å². The summed E-state index contributed by atoms with van der Waals surface area (Å²) in [5.74, 6) is 0.618. The number of nitrogens with one attached hydrogen (secondary N) is 1. The molecule has 2 heterocycles. The van der Waals surface area contributed by atoms with Gasteiger partial charge in [0.1, 0.15) is 11.8 Å². The van der Waals surface area contributed by atoms with Crippen LogP contribution in [0.4, 0.5) is 5.69 Å². The predicted molar refractivity (Wildman–Crippen MR) is 99.3 cm³/mol. The first kappa shape index (κ1) is 18.2. The highest BCUT2D eigenvalue weighted by Crippen LogP contribution is 2.34. The van der Waals surface area contributed by atoms with E-state index in [1.54, 1.807) is 30.5 Å². The zero-order valence-corrected chi connectivity index (χ0v) is 15.5. The third-order valence-electron chi connectivity index (χ3n) is 4.00. The average molecular weight is 375 g/mol. The van der Waals surface area contributed by atoms with Crippen molar-refractivity contribution in [2.24, 2.45) is 5.10 Å². The van der Waals surface area contributed by atoms with Crippen LogP contribution in [0.3, 0.4) is 0 Å². The molecule has 138 valence electrons. The molecule has 0 aliphatic carbocycles. The van der Waals surface area contributed by atoms with Crippen LogP contribution in [0.2, 0.25) is 0 Å². The highest BCUT2D eigenvalue weighted by atomic mass is 32.2. The van der Waals surface area contributed by atoms with E-state index in [9.17, 15) is 13.2 Å². The predicted octanol–water partition coefficient (Wildman–Crippen LogP) is 3.13. The number of hydrogen-bond acceptors (Lipinski definition) is 5. The fraction of sp³-hybridized carbons (Fsp3) is 0.333. The molecule has 1 aromatic carbocycles. The Hall–Kier alpha value is -2.61. The number of anilines is 1. The van der Waals surface area contributed by atoms with Gasteiger partial charge >= 0.3 is 0 Å². The molecule has 7 nitrogen and oxygen atoms in total. The van der Waals surface area contributed by atoms with Gasteiger partial charge in [-0.05, 0) is 36.2 Å². The number of carbonyl (C=O) groups excluding carboxylic acids is 1. The minimum atomic E-state index is -3.36. The largest absolute Gasteiger partial charge is 0.467 e. The average Bonchev–Trinajstić information content (AvgIpc) is 3.23. The number of sulfonamides is 1. The van der Waals surface area contributed by atoms with Gasteiger partial charge in [-0.3, -0.25) is 9.52 Å². The number of hydrogen-bond donors (Lipinski definition) is 1. The maximum Gasteiger partial charge on any atom is 0.243 e. The maximum absolute atomic E-state index is 12.5. The minimum Gasteiger partial charge on any atom is -0.467 e. The molecular formula is C18H21N3O4S. The highest BCUT2D eigenvalue weighted by Gasteiger charge is 2.34. The number of hydrazone groups is 1. The van der Waals surface area contributed by atoms with E-state index in [0.717, 1.165) is 18.2 Å². The quantitative estimate of drug-likeness (QED) is 0.839. The number of benzene rings is 1. The Morgan fingerprint density at radius 2 is 2.15 bits per heavy atom. The fourth-order valence-corrected chi connectivity index (χ4v) is 3.48. The lowest BCUT2D eigenvalue weighted by molar-refractivity contribution is -0.133. The van der Waals surface area contributed by atoms with E-state index in [1.807, 2.05) is 19.1 Å². The van der Waals surface area contributed by atoms with Gasteiger partial charge in [-0.25, -0.2) is 13.4 Å². The van der Waals surface area contributed by atoms with E-state index in [1.165, 1.54) is 5.01 Å². The topological polar surface area (TPSA) is 92.0 Å². The van der Waals surface area contributed by atoms with Crippen molar-refractivity contribution in [2.45, 2.75) is 32.2 Å². The van der Waals surface area contributed by atoms with Gasteiger partial charge in [-0.15, -0.1) is 0 Å². The van der Waals surface area contributed by atoms with Gasteiger partial charge in [0, 0.05) is 18.5 Å². The summed E-state index contributed by atoms with van der Waals surface area (Å²) in [7, 11) is -3.36. The fourth-order valence-electron chi connectivity index (χ4n) is 2.92. The molecule has 0 saturated heterocycles. The minimum absolute atomic E-state index is 0.0608. The van der Waals surface area contributed by atoms with Crippen molar-refractivity contribution in [3.05, 3.63) is 54.0 Å². The van der Waals surface area contributed by atoms with Crippen LogP contribution in [-0.4, -0.2) is 31.3 Å². The van der Waals surface area contributed by atoms with Gasteiger partial charge in [-0.1, -0.05) is 19.1 Å². The third kappa shape index (κ3) is 4.13. The van der Waals surface area contributed by atoms with Crippen molar-refractivity contribution in [2.75, 3.05) is 11.0 Å². The number of carbonyl (C=O) groups is 1. The summed E-state index contributed by atoms with van der Waals surface area (Å²) < 4.78 is 30.8. The number of amides is 1. The monoisotopic (exact) mass is 375 g/mol. The van der Waals surface area contributed by atoms with Gasteiger partial charge < -0.3 is 4.42 Å². The molecule has 8 heteroatoms. The van der Waals surface area contributed by atoms with Gasteiger partial charge in [0.15, 0.2) is 0 Å². The Labute approximate surface area is 152 Å². The van der Waals surface area contributed by atoms with Gasteiger partial charge in [0.2, 0.25) is 15.9 Å². The van der Waals surface area contributed by atoms with Crippen LogP contribution in [0.1, 0.15) is 43.6 Å². The molecule has 1 aliphatic heterocycles. The molecule has 3 rings (SSSR count). The van der Waals surface area contributed by atoms with Gasteiger partial charge in [0.25, 0.3) is 0 Å². The van der Waals surface area contributed by atoms with Crippen molar-refractivity contribution in [1.29, 1.82) is 0 Å². The SMILES string of the molecule is CCCC(=O)N1N=C(c2cccc(NS(C)(=O)=O)c2)C[C@H]1c1ccco1. The molecule has 2 aromatic rings. The standard InChI is InChI=1S/C18H21N3O4S/c1-3-6-18(22)21-16(17-9-5-10-25-17)12-15(19-21)13-7-4-8-14(11-13)20-26(2,23)24/h4-5,7-11,16,20H,3,6,12H2,1-2H3/t16-/m0/s1. The summed E-state index contributed by atoms with van der Waals surface area (Å²) in [6.45, 7) is 1.95. The van der Waals surface area contributed by atoms with Crippen LogP contribution in [0.5, 0.6) is 0 Å². The zero-order chi connectivity index (χ0) is 18.7. The lowest BCUT2D eigenvalue weighted by Crippen LogP contribution is -2.26. The molecule has 0 unspecified atom stereocenters. The summed E-state index contributed by atoms with van der Waals surface area (Å²) in [4.78, 5) is 12.5. The Bertz CT molecular complexity index is 920. The molecule has 0 bridgehead atoms. The molecule has 1 aliphatic rings. The first-order chi connectivity index (χ1) is 12.4. The number of rotatable bonds is 6. The second-order valence-electron chi connectivity index (χ2n) is 6.23. The zero-order valence-electron chi connectivity index (χ0n) is 14.7. The maximum atomic E-state index is 12.5. The van der Waals surface area contributed by atoms with E-state index in [4.69, 9.17) is 4.42 Å². The van der Waals surface area contributed by atoms with Crippen molar-refractivity contribution in [1.82, 2.24) is 5.01 Å². The smallest absolute Gasteiger partial charge is 0.243 e. The van der Waals surface area contributed by atoms with Gasteiger partial charge in [-0.2, -0.15) is 5.10 Å². The van der Waals surface area contributed by atoms with E-state index in [2.05, 4.69) is 9.82 Å². The Kier molecular flexibility index (Phi) is 5.13. The lowest BCUT2D eigenvalue weighted by atomic mass is 10.0. The summed E-state index contributed by atoms with van der Waals surface area (Å²) in [6.07, 6.45) is 4.32. The molecule has 1 N–H and O–H groups in total. The van der Waals surface area contributed by atoms with Crippen molar-refractivity contribution >= 4 is 27.3 Å². The molecule has 1 amide bonds. The molecule has 1 atom stereocenters. The Morgan fingerprint density at radius 3 is 2.81 bits per heavy atom. The van der Waals surface area contributed by atoms with Gasteiger partial charge in [0.05, 0.1) is 18.2 Å². The van der Waals surface area contributed by atoms with Crippen LogP contribution in [0, 0.1) is 0 Å². The van der Waals surface area contributed by atoms with Crippen LogP contribution in [0.15, 0.2) is 52.2 Å². The number of furan rings is 1. The second kappa shape index (κ2) is 7.33. The molecular weight excluding hydrogens is 354 g/mol. The summed E-state index contributed by atoms with van der Waals surface area (Å²) in [6, 6.07) is 10.3. The van der Waals surface area contributed by atoms with Crippen LogP contribution < -0.4 is 4.72 Å². The summed E-state index contributed by atoms with van der Waals surface area (Å²) in [5, 5.41) is 6.00. The highest BCUT2D eigenvalue weighted by molar-refractivity contribution is 7.92. The molecule has 26 heavy (non-hydrogen) atoms. The normalized spacial score (nSPS) is 17.2. The van der Waals surface area contributed by atoms with Crippen molar-refractivity contribution < 1.29 is 17.6 Å². The van der Waals surface area contributed by atoms with Crippen molar-refractivity contribution in [3.63, 3.8) is 0 Å². The molecule has 1 aromatic heterocycles. The van der Waals surface area contributed by atoms with Crippen LogP contribution >= 0.6 is 0 Å².